The van der Waals surface area contributed by atoms with Gasteiger partial charge in [0.2, 0.25) is 0 Å². The van der Waals surface area contributed by atoms with Gasteiger partial charge in [0, 0.05) is 17.6 Å². The number of pyridine rings is 1. The van der Waals surface area contributed by atoms with E-state index in [4.69, 9.17) is 4.74 Å². The molecule has 2 bridgehead atoms. The van der Waals surface area contributed by atoms with E-state index < -0.39 is 0 Å². The molecule has 1 unspecified atom stereocenters. The molecule has 20 heavy (non-hydrogen) atoms. The number of ether oxygens (including phenoxy) is 1. The van der Waals surface area contributed by atoms with Gasteiger partial charge < -0.3 is 4.74 Å². The van der Waals surface area contributed by atoms with E-state index >= 15 is 0 Å². The monoisotopic (exact) mass is 268 g/mol. The van der Waals surface area contributed by atoms with Gasteiger partial charge in [0.15, 0.2) is 0 Å². The molecule has 3 aliphatic heterocycles. The van der Waals surface area contributed by atoms with E-state index in [1.165, 1.54) is 32.4 Å². The van der Waals surface area contributed by atoms with Crippen molar-refractivity contribution in [2.45, 2.75) is 25.3 Å². The van der Waals surface area contributed by atoms with E-state index in [0.717, 1.165) is 29.2 Å². The number of benzene rings is 1. The molecule has 0 spiro atoms. The van der Waals surface area contributed by atoms with Crippen LogP contribution in [0.5, 0.6) is 5.75 Å². The molecule has 3 heteroatoms. The van der Waals surface area contributed by atoms with Crippen LogP contribution in [-0.2, 0) is 0 Å². The summed E-state index contributed by atoms with van der Waals surface area (Å²) in [5.41, 5.74) is 0.978. The highest BCUT2D eigenvalue weighted by atomic mass is 16.5. The van der Waals surface area contributed by atoms with Gasteiger partial charge in [0.25, 0.3) is 0 Å². The largest absolute Gasteiger partial charge is 0.490 e. The van der Waals surface area contributed by atoms with Crippen LogP contribution in [0.25, 0.3) is 10.9 Å². The lowest BCUT2D eigenvalue weighted by atomic mass is 9.83. The Morgan fingerprint density at radius 3 is 2.80 bits per heavy atom. The quantitative estimate of drug-likeness (QED) is 0.855. The average molecular weight is 268 g/mol. The van der Waals surface area contributed by atoms with Crippen LogP contribution >= 0.6 is 0 Å². The fourth-order valence-corrected chi connectivity index (χ4v) is 3.64. The van der Waals surface area contributed by atoms with Gasteiger partial charge in [0.1, 0.15) is 17.9 Å². The number of nitrogens with zero attached hydrogens (tertiary/aromatic N) is 2. The van der Waals surface area contributed by atoms with Gasteiger partial charge >= 0.3 is 0 Å². The van der Waals surface area contributed by atoms with Gasteiger partial charge in [0.05, 0.1) is 0 Å². The van der Waals surface area contributed by atoms with Crippen molar-refractivity contribution in [1.82, 2.24) is 9.88 Å². The van der Waals surface area contributed by atoms with E-state index in [0.29, 0.717) is 6.04 Å². The second kappa shape index (κ2) is 5.06. The number of hydrogen-bond donors (Lipinski definition) is 0. The van der Waals surface area contributed by atoms with Crippen LogP contribution in [0.2, 0.25) is 0 Å². The molecule has 1 aromatic heterocycles. The van der Waals surface area contributed by atoms with Crippen LogP contribution in [0.1, 0.15) is 19.3 Å². The Hall–Kier alpha value is -1.61. The van der Waals surface area contributed by atoms with Crippen LogP contribution in [0.15, 0.2) is 36.5 Å². The van der Waals surface area contributed by atoms with Gasteiger partial charge in [-0.15, -0.1) is 0 Å². The Morgan fingerprint density at radius 2 is 2.00 bits per heavy atom. The van der Waals surface area contributed by atoms with Crippen LogP contribution < -0.4 is 4.74 Å². The molecule has 2 aromatic rings. The molecule has 4 heterocycles. The first-order chi connectivity index (χ1) is 9.90. The Labute approximate surface area is 119 Å². The van der Waals surface area contributed by atoms with Gasteiger partial charge in [-0.3, -0.25) is 9.88 Å². The van der Waals surface area contributed by atoms with Gasteiger partial charge in [-0.1, -0.05) is 18.2 Å². The minimum atomic E-state index is 0.599. The van der Waals surface area contributed by atoms with E-state index in [1.54, 1.807) is 0 Å². The minimum absolute atomic E-state index is 0.599. The van der Waals surface area contributed by atoms with E-state index in [-0.39, 0.29) is 0 Å². The maximum atomic E-state index is 6.11. The van der Waals surface area contributed by atoms with Crippen LogP contribution in [-0.4, -0.2) is 35.6 Å². The summed E-state index contributed by atoms with van der Waals surface area (Å²) in [5, 5.41) is 1.15. The smallest absolute Gasteiger partial charge is 0.145 e. The molecule has 0 aliphatic carbocycles. The molecule has 3 saturated heterocycles. The fraction of sp³-hybridized carbons (Fsp3) is 0.471. The van der Waals surface area contributed by atoms with Gasteiger partial charge in [-0.25, -0.2) is 0 Å². The van der Waals surface area contributed by atoms with Crippen molar-refractivity contribution in [2.75, 3.05) is 19.7 Å². The molecule has 3 aliphatic rings. The topological polar surface area (TPSA) is 25.4 Å². The number of aromatic nitrogens is 1. The Morgan fingerprint density at radius 1 is 1.15 bits per heavy atom. The molecule has 5 rings (SSSR count). The summed E-state index contributed by atoms with van der Waals surface area (Å²) < 4.78 is 6.11. The van der Waals surface area contributed by atoms with Crippen molar-refractivity contribution in [3.8, 4) is 5.75 Å². The van der Waals surface area contributed by atoms with Crippen LogP contribution in [0, 0.1) is 5.92 Å². The molecule has 1 atom stereocenters. The molecule has 0 amide bonds. The highest BCUT2D eigenvalue weighted by Gasteiger charge is 2.33. The average Bonchev–Trinajstić information content (AvgIpc) is 2.54. The summed E-state index contributed by atoms with van der Waals surface area (Å²) in [7, 11) is 0. The lowest BCUT2D eigenvalue weighted by Crippen LogP contribution is -2.51. The van der Waals surface area contributed by atoms with Crippen LogP contribution in [0.3, 0.4) is 0 Å². The lowest BCUT2D eigenvalue weighted by molar-refractivity contribution is 0.0241. The summed E-state index contributed by atoms with van der Waals surface area (Å²) in [4.78, 5) is 7.05. The number of rotatable bonds is 3. The Bertz CT molecular complexity index is 599. The van der Waals surface area contributed by atoms with Gasteiger partial charge in [-0.05, 0) is 50.4 Å². The van der Waals surface area contributed by atoms with E-state index in [9.17, 15) is 0 Å². The third-order valence-corrected chi connectivity index (χ3v) is 4.80. The number of hydrogen-bond acceptors (Lipinski definition) is 3. The maximum absolute atomic E-state index is 6.11. The summed E-state index contributed by atoms with van der Waals surface area (Å²) in [6, 6.07) is 10.8. The lowest BCUT2D eigenvalue weighted by Gasteiger charge is -2.45. The first-order valence-electron chi connectivity index (χ1n) is 7.61. The molecule has 0 saturated carbocycles. The van der Waals surface area contributed by atoms with Crippen molar-refractivity contribution in [3.05, 3.63) is 36.5 Å². The highest BCUT2D eigenvalue weighted by molar-refractivity contribution is 5.84. The van der Waals surface area contributed by atoms with Crippen molar-refractivity contribution >= 4 is 10.9 Å². The predicted molar refractivity (Wildman–Crippen MR) is 79.9 cm³/mol. The third kappa shape index (κ3) is 2.16. The molecule has 3 nitrogen and oxygen atoms in total. The summed E-state index contributed by atoms with van der Waals surface area (Å²) in [6.45, 7) is 3.31. The molecular formula is C17H20N2O. The molecule has 0 radical (unpaired) electrons. The molecule has 3 fully saturated rings. The number of piperidine rings is 3. The van der Waals surface area contributed by atoms with Gasteiger partial charge in [-0.2, -0.15) is 0 Å². The maximum Gasteiger partial charge on any atom is 0.145 e. The summed E-state index contributed by atoms with van der Waals surface area (Å²) in [5.74, 6) is 1.85. The second-order valence-electron chi connectivity index (χ2n) is 6.01. The Balaban J connectivity index is 1.51. The zero-order chi connectivity index (χ0) is 13.4. The van der Waals surface area contributed by atoms with Crippen molar-refractivity contribution in [3.63, 3.8) is 0 Å². The standard InChI is InChI=1S/C17H20N2O/c1-3-14-4-2-8-18-17(14)16(5-1)20-12-15-11-13-6-9-19(15)10-7-13/h1-5,8,13,15H,6-7,9-12H2. The Kier molecular flexibility index (Phi) is 3.07. The number of para-hydroxylation sites is 1. The van der Waals surface area contributed by atoms with Crippen LogP contribution in [0.4, 0.5) is 0 Å². The molecular weight excluding hydrogens is 248 g/mol. The zero-order valence-corrected chi connectivity index (χ0v) is 11.7. The van der Waals surface area contributed by atoms with Crippen molar-refractivity contribution < 1.29 is 4.74 Å². The SMILES string of the molecule is c1cnc2c(OCC3CC4CCN3CC4)cccc2c1. The van der Waals surface area contributed by atoms with E-state index in [2.05, 4.69) is 22.0 Å². The molecule has 0 N–H and O–H groups in total. The predicted octanol–water partition coefficient (Wildman–Crippen LogP) is 3.10. The second-order valence-corrected chi connectivity index (χ2v) is 6.01. The minimum Gasteiger partial charge on any atom is -0.490 e. The highest BCUT2D eigenvalue weighted by Crippen LogP contribution is 2.32. The van der Waals surface area contributed by atoms with Crippen molar-refractivity contribution in [2.24, 2.45) is 5.92 Å². The zero-order valence-electron chi connectivity index (χ0n) is 11.7. The molecule has 104 valence electrons. The normalized spacial score (nSPS) is 28.7. The third-order valence-electron chi connectivity index (χ3n) is 4.80. The van der Waals surface area contributed by atoms with E-state index in [1.807, 2.05) is 24.4 Å². The first kappa shape index (κ1) is 12.2. The molecule has 1 aromatic carbocycles. The van der Waals surface area contributed by atoms with Crippen molar-refractivity contribution in [1.29, 1.82) is 0 Å². The summed E-state index contributed by atoms with van der Waals surface area (Å²) in [6.07, 6.45) is 5.90. The first-order valence-corrected chi connectivity index (χ1v) is 7.61. The fourth-order valence-electron chi connectivity index (χ4n) is 3.64. The summed E-state index contributed by atoms with van der Waals surface area (Å²) >= 11 is 0. The number of fused-ring (bicyclic) bond motifs is 4.